The number of aliphatic hydroxyl groups excluding tert-OH is 1. The molecule has 2 rings (SSSR count). The number of non-ortho nitro benzene ring substituents is 1. The number of nitro groups is 1. The molecule has 1 saturated heterocycles. The number of nitro benzene ring substituents is 1. The Kier molecular flexibility index (Phi) is 3.93. The molecule has 2 atom stereocenters. The first-order valence-electron chi connectivity index (χ1n) is 6.21. The van der Waals surface area contributed by atoms with Crippen LogP contribution in [0.4, 0.5) is 5.69 Å². The van der Waals surface area contributed by atoms with Crippen molar-refractivity contribution in [3.63, 3.8) is 0 Å². The maximum Gasteiger partial charge on any atom is 0.269 e. The molecule has 1 aromatic rings. The van der Waals surface area contributed by atoms with E-state index in [9.17, 15) is 10.1 Å². The van der Waals surface area contributed by atoms with Gasteiger partial charge in [-0.15, -0.1) is 0 Å². The maximum absolute atomic E-state index is 10.8. The van der Waals surface area contributed by atoms with Crippen LogP contribution in [0.3, 0.4) is 0 Å². The fourth-order valence-electron chi connectivity index (χ4n) is 2.47. The van der Waals surface area contributed by atoms with Crippen LogP contribution in [0.5, 0.6) is 0 Å². The molecule has 1 heterocycles. The van der Waals surface area contributed by atoms with Gasteiger partial charge in [0.15, 0.2) is 0 Å². The van der Waals surface area contributed by atoms with Crippen molar-refractivity contribution in [1.29, 1.82) is 0 Å². The maximum atomic E-state index is 10.8. The zero-order valence-electron chi connectivity index (χ0n) is 10.5. The molecular formula is C13H18N2O3. The summed E-state index contributed by atoms with van der Waals surface area (Å²) >= 11 is 0. The largest absolute Gasteiger partial charge is 0.396 e. The molecule has 0 aromatic heterocycles. The van der Waals surface area contributed by atoms with E-state index in [2.05, 4.69) is 11.8 Å². The van der Waals surface area contributed by atoms with Crippen molar-refractivity contribution in [2.75, 3.05) is 19.7 Å². The topological polar surface area (TPSA) is 66.6 Å². The lowest BCUT2D eigenvalue weighted by atomic mass is 10.1. The second kappa shape index (κ2) is 5.46. The van der Waals surface area contributed by atoms with Gasteiger partial charge >= 0.3 is 0 Å². The molecule has 0 radical (unpaired) electrons. The number of benzene rings is 1. The van der Waals surface area contributed by atoms with Gasteiger partial charge < -0.3 is 5.11 Å². The van der Waals surface area contributed by atoms with Gasteiger partial charge in [-0.2, -0.15) is 0 Å². The molecular weight excluding hydrogens is 232 g/mol. The monoisotopic (exact) mass is 250 g/mol. The van der Waals surface area contributed by atoms with Crippen molar-refractivity contribution in [3.05, 3.63) is 39.9 Å². The van der Waals surface area contributed by atoms with Gasteiger partial charge in [0.25, 0.3) is 5.69 Å². The molecule has 2 unspecified atom stereocenters. The van der Waals surface area contributed by atoms with Gasteiger partial charge in [-0.1, -0.05) is 12.1 Å². The lowest BCUT2D eigenvalue weighted by Gasteiger charge is -2.24. The van der Waals surface area contributed by atoms with Crippen LogP contribution < -0.4 is 0 Å². The molecule has 98 valence electrons. The van der Waals surface area contributed by atoms with Crippen LogP contribution >= 0.6 is 0 Å². The van der Waals surface area contributed by atoms with Crippen LogP contribution in [0.2, 0.25) is 0 Å². The second-order valence-corrected chi connectivity index (χ2v) is 4.86. The second-order valence-electron chi connectivity index (χ2n) is 4.86. The molecule has 0 saturated carbocycles. The van der Waals surface area contributed by atoms with Crippen LogP contribution in [0, 0.1) is 16.0 Å². The summed E-state index contributed by atoms with van der Waals surface area (Å²) in [7, 11) is 0. The standard InChI is InChI=1S/C13H18N2O3/c1-10(14-6-5-11(8-14)9-16)12-3-2-4-13(7-12)15(17)18/h2-4,7,10-11,16H,5-6,8-9H2,1H3. The van der Waals surface area contributed by atoms with Crippen molar-refractivity contribution in [2.24, 2.45) is 5.92 Å². The molecule has 0 spiro atoms. The Morgan fingerprint density at radius 3 is 3.00 bits per heavy atom. The zero-order chi connectivity index (χ0) is 13.1. The Morgan fingerprint density at radius 2 is 2.39 bits per heavy atom. The first-order chi connectivity index (χ1) is 8.61. The predicted molar refractivity (Wildman–Crippen MR) is 68.3 cm³/mol. The summed E-state index contributed by atoms with van der Waals surface area (Å²) < 4.78 is 0. The van der Waals surface area contributed by atoms with Gasteiger partial charge in [-0.3, -0.25) is 15.0 Å². The summed E-state index contributed by atoms with van der Waals surface area (Å²) in [6.45, 7) is 4.08. The van der Waals surface area contributed by atoms with E-state index in [1.54, 1.807) is 12.1 Å². The van der Waals surface area contributed by atoms with Crippen molar-refractivity contribution < 1.29 is 10.0 Å². The van der Waals surface area contributed by atoms with Crippen LogP contribution in [0.25, 0.3) is 0 Å². The third-order valence-corrected chi connectivity index (χ3v) is 3.69. The van der Waals surface area contributed by atoms with Crippen molar-refractivity contribution in [1.82, 2.24) is 4.90 Å². The number of hydrogen-bond acceptors (Lipinski definition) is 4. The van der Waals surface area contributed by atoms with E-state index in [0.29, 0.717) is 5.92 Å². The summed E-state index contributed by atoms with van der Waals surface area (Å²) in [6.07, 6.45) is 0.996. The average molecular weight is 250 g/mol. The van der Waals surface area contributed by atoms with Gasteiger partial charge in [0, 0.05) is 31.3 Å². The molecule has 1 aliphatic heterocycles. The predicted octanol–water partition coefficient (Wildman–Crippen LogP) is 1.97. The molecule has 5 heteroatoms. The van der Waals surface area contributed by atoms with Gasteiger partial charge in [-0.25, -0.2) is 0 Å². The number of likely N-dealkylation sites (tertiary alicyclic amines) is 1. The minimum Gasteiger partial charge on any atom is -0.396 e. The number of nitrogens with zero attached hydrogens (tertiary/aromatic N) is 2. The summed E-state index contributed by atoms with van der Waals surface area (Å²) in [5, 5.41) is 19.9. The zero-order valence-corrected chi connectivity index (χ0v) is 10.5. The van der Waals surface area contributed by atoms with Crippen molar-refractivity contribution in [2.45, 2.75) is 19.4 Å². The fourth-order valence-corrected chi connectivity index (χ4v) is 2.47. The highest BCUT2D eigenvalue weighted by Crippen LogP contribution is 2.28. The van der Waals surface area contributed by atoms with Crippen LogP contribution in [0.1, 0.15) is 24.9 Å². The lowest BCUT2D eigenvalue weighted by Crippen LogP contribution is -2.25. The molecule has 1 fully saturated rings. The van der Waals surface area contributed by atoms with Crippen molar-refractivity contribution >= 4 is 5.69 Å². The highest BCUT2D eigenvalue weighted by Gasteiger charge is 2.26. The normalized spacial score (nSPS) is 22.0. The highest BCUT2D eigenvalue weighted by atomic mass is 16.6. The van der Waals surface area contributed by atoms with E-state index >= 15 is 0 Å². The van der Waals surface area contributed by atoms with Gasteiger partial charge in [0.2, 0.25) is 0 Å². The van der Waals surface area contributed by atoms with Gasteiger partial charge in [0.05, 0.1) is 4.92 Å². The Hall–Kier alpha value is -1.46. The minimum absolute atomic E-state index is 0.136. The Balaban J connectivity index is 2.11. The molecule has 0 aliphatic carbocycles. The van der Waals surface area contributed by atoms with E-state index in [4.69, 9.17) is 5.11 Å². The number of hydrogen-bond donors (Lipinski definition) is 1. The number of rotatable bonds is 4. The fraction of sp³-hybridized carbons (Fsp3) is 0.538. The quantitative estimate of drug-likeness (QED) is 0.655. The molecule has 5 nitrogen and oxygen atoms in total. The molecule has 0 amide bonds. The van der Waals surface area contributed by atoms with Gasteiger partial charge in [-0.05, 0) is 31.4 Å². The third-order valence-electron chi connectivity index (χ3n) is 3.69. The van der Waals surface area contributed by atoms with Crippen LogP contribution in [-0.4, -0.2) is 34.6 Å². The smallest absolute Gasteiger partial charge is 0.269 e. The Labute approximate surface area is 106 Å². The summed E-state index contributed by atoms with van der Waals surface area (Å²) in [5.74, 6) is 0.339. The molecule has 18 heavy (non-hydrogen) atoms. The molecule has 1 aliphatic rings. The number of aliphatic hydroxyl groups is 1. The van der Waals surface area contributed by atoms with E-state index in [1.165, 1.54) is 6.07 Å². The van der Waals surface area contributed by atoms with E-state index in [0.717, 1.165) is 25.1 Å². The minimum atomic E-state index is -0.364. The SMILES string of the molecule is CC(c1cccc([N+](=O)[O-])c1)N1CCC(CO)C1. The lowest BCUT2D eigenvalue weighted by molar-refractivity contribution is -0.384. The van der Waals surface area contributed by atoms with E-state index < -0.39 is 0 Å². The molecule has 0 bridgehead atoms. The Morgan fingerprint density at radius 1 is 1.61 bits per heavy atom. The summed E-state index contributed by atoms with van der Waals surface area (Å²) in [5.41, 5.74) is 1.10. The first-order valence-corrected chi connectivity index (χ1v) is 6.21. The first kappa shape index (κ1) is 13.0. The van der Waals surface area contributed by atoms with E-state index in [-0.39, 0.29) is 23.3 Å². The van der Waals surface area contributed by atoms with Gasteiger partial charge in [0.1, 0.15) is 0 Å². The highest BCUT2D eigenvalue weighted by molar-refractivity contribution is 5.35. The van der Waals surface area contributed by atoms with Crippen LogP contribution in [0.15, 0.2) is 24.3 Å². The average Bonchev–Trinajstić information content (AvgIpc) is 2.86. The molecule has 1 N–H and O–H groups in total. The van der Waals surface area contributed by atoms with E-state index in [1.807, 2.05) is 6.07 Å². The summed E-state index contributed by atoms with van der Waals surface area (Å²) in [4.78, 5) is 12.7. The third kappa shape index (κ3) is 2.68. The summed E-state index contributed by atoms with van der Waals surface area (Å²) in [6, 6.07) is 6.95. The Bertz CT molecular complexity index is 436. The van der Waals surface area contributed by atoms with Crippen molar-refractivity contribution in [3.8, 4) is 0 Å². The van der Waals surface area contributed by atoms with Crippen LogP contribution in [-0.2, 0) is 0 Å². The molecule has 1 aromatic carbocycles.